The van der Waals surface area contributed by atoms with E-state index in [-0.39, 0.29) is 11.1 Å². The predicted octanol–water partition coefficient (Wildman–Crippen LogP) is 2.59. The minimum Gasteiger partial charge on any atom is -0.322 e. The molecule has 9 heteroatoms. The summed E-state index contributed by atoms with van der Waals surface area (Å²) in [6.45, 7) is 1.52. The first-order valence-corrected chi connectivity index (χ1v) is 10.8. The van der Waals surface area contributed by atoms with Gasteiger partial charge in [-0.15, -0.1) is 10.2 Å². The first-order chi connectivity index (χ1) is 14.2. The van der Waals surface area contributed by atoms with E-state index >= 15 is 0 Å². The summed E-state index contributed by atoms with van der Waals surface area (Å²) in [5.74, 6) is 2.26. The summed E-state index contributed by atoms with van der Waals surface area (Å²) in [5.41, 5.74) is 1.34. The number of thioether (sulfide) groups is 1. The van der Waals surface area contributed by atoms with Gasteiger partial charge in [-0.3, -0.25) is 14.2 Å². The van der Waals surface area contributed by atoms with Crippen molar-refractivity contribution in [1.82, 2.24) is 24.3 Å². The minimum atomic E-state index is -0.446. The van der Waals surface area contributed by atoms with Crippen LogP contribution in [-0.4, -0.2) is 36.0 Å². The molecule has 3 aromatic rings. The second-order valence-electron chi connectivity index (χ2n) is 7.19. The molecule has 0 saturated carbocycles. The maximum atomic E-state index is 12.6. The van der Waals surface area contributed by atoms with Gasteiger partial charge in [-0.1, -0.05) is 18.2 Å². The molecule has 0 atom stereocenters. The maximum absolute atomic E-state index is 12.6. The Morgan fingerprint density at radius 2 is 1.90 bits per heavy atom. The highest BCUT2D eigenvalue weighted by Crippen LogP contribution is 2.24. The van der Waals surface area contributed by atoms with Crippen LogP contribution in [0.15, 0.2) is 40.4 Å². The first kappa shape index (κ1) is 18.1. The molecule has 0 aliphatic carbocycles. The summed E-state index contributed by atoms with van der Waals surface area (Å²) in [7, 11) is 0. The molecule has 0 saturated heterocycles. The topological polar surface area (TPSA) is 94.7 Å². The Morgan fingerprint density at radius 3 is 2.76 bits per heavy atom. The van der Waals surface area contributed by atoms with Crippen LogP contribution in [0.1, 0.15) is 35.4 Å². The third-order valence-electron chi connectivity index (χ3n) is 5.31. The lowest BCUT2D eigenvalue weighted by Gasteiger charge is -2.09. The van der Waals surface area contributed by atoms with Crippen molar-refractivity contribution in [2.75, 3.05) is 11.1 Å². The van der Waals surface area contributed by atoms with Crippen LogP contribution in [0, 0.1) is 0 Å². The van der Waals surface area contributed by atoms with E-state index in [0.29, 0.717) is 17.4 Å². The maximum Gasteiger partial charge on any atom is 0.267 e. The van der Waals surface area contributed by atoms with Crippen molar-refractivity contribution in [2.24, 2.45) is 0 Å². The van der Waals surface area contributed by atoms with Gasteiger partial charge in [0.15, 0.2) is 11.0 Å². The SMILES string of the molecule is O=C(Nc1ccc(-c2nnc3n2CCCCC3)cc1)c1cnc2n(c1=O)CCS2. The highest BCUT2D eigenvalue weighted by Gasteiger charge is 2.20. The van der Waals surface area contributed by atoms with Crippen molar-refractivity contribution in [3.63, 3.8) is 0 Å². The largest absolute Gasteiger partial charge is 0.322 e. The molecule has 4 heterocycles. The van der Waals surface area contributed by atoms with Crippen LogP contribution in [0.2, 0.25) is 0 Å². The lowest BCUT2D eigenvalue weighted by molar-refractivity contribution is 0.102. The quantitative estimate of drug-likeness (QED) is 0.670. The van der Waals surface area contributed by atoms with Crippen molar-refractivity contribution >= 4 is 23.4 Å². The lowest BCUT2D eigenvalue weighted by Crippen LogP contribution is -2.29. The van der Waals surface area contributed by atoms with E-state index in [1.54, 1.807) is 4.57 Å². The van der Waals surface area contributed by atoms with Crippen LogP contribution in [0.3, 0.4) is 0 Å². The average molecular weight is 408 g/mol. The zero-order chi connectivity index (χ0) is 19.8. The molecular weight excluding hydrogens is 388 g/mol. The Labute approximate surface area is 171 Å². The molecule has 2 aliphatic heterocycles. The number of hydrogen-bond acceptors (Lipinski definition) is 6. The Kier molecular flexibility index (Phi) is 4.67. The van der Waals surface area contributed by atoms with E-state index in [9.17, 15) is 9.59 Å². The average Bonchev–Trinajstić information content (AvgIpc) is 3.30. The zero-order valence-electron chi connectivity index (χ0n) is 15.8. The van der Waals surface area contributed by atoms with Gasteiger partial charge < -0.3 is 9.88 Å². The number of nitrogens with zero attached hydrogens (tertiary/aromatic N) is 5. The van der Waals surface area contributed by atoms with E-state index in [0.717, 1.165) is 48.8 Å². The molecule has 5 rings (SSSR count). The number of carbonyl (C=O) groups excluding carboxylic acids is 1. The fourth-order valence-corrected chi connectivity index (χ4v) is 4.69. The van der Waals surface area contributed by atoms with E-state index in [1.807, 2.05) is 24.3 Å². The van der Waals surface area contributed by atoms with E-state index in [4.69, 9.17) is 0 Å². The highest BCUT2D eigenvalue weighted by molar-refractivity contribution is 7.99. The third-order valence-corrected chi connectivity index (χ3v) is 6.28. The molecule has 148 valence electrons. The van der Waals surface area contributed by atoms with E-state index in [1.165, 1.54) is 24.4 Å². The lowest BCUT2D eigenvalue weighted by atomic mass is 10.2. The fraction of sp³-hybridized carbons (Fsp3) is 0.350. The summed E-state index contributed by atoms with van der Waals surface area (Å²) in [6, 6.07) is 7.48. The molecule has 1 N–H and O–H groups in total. The summed E-state index contributed by atoms with van der Waals surface area (Å²) in [5, 5.41) is 12.2. The van der Waals surface area contributed by atoms with Gasteiger partial charge in [0.25, 0.3) is 11.5 Å². The van der Waals surface area contributed by atoms with Gasteiger partial charge in [0.05, 0.1) is 0 Å². The van der Waals surface area contributed by atoms with Gasteiger partial charge in [0, 0.05) is 42.7 Å². The summed E-state index contributed by atoms with van der Waals surface area (Å²) in [6.07, 6.45) is 5.82. The Morgan fingerprint density at radius 1 is 1.03 bits per heavy atom. The molecule has 0 bridgehead atoms. The van der Waals surface area contributed by atoms with Crippen LogP contribution in [0.5, 0.6) is 0 Å². The van der Waals surface area contributed by atoms with Gasteiger partial charge in [0.1, 0.15) is 11.4 Å². The molecule has 2 aliphatic rings. The van der Waals surface area contributed by atoms with Gasteiger partial charge in [0.2, 0.25) is 0 Å². The molecular formula is C20H20N6O2S. The van der Waals surface area contributed by atoms with Crippen molar-refractivity contribution < 1.29 is 4.79 Å². The van der Waals surface area contributed by atoms with Crippen molar-refractivity contribution in [3.05, 3.63) is 52.2 Å². The number of benzene rings is 1. The van der Waals surface area contributed by atoms with Crippen LogP contribution in [-0.2, 0) is 19.5 Å². The van der Waals surface area contributed by atoms with Crippen molar-refractivity contribution in [1.29, 1.82) is 0 Å². The monoisotopic (exact) mass is 408 g/mol. The second-order valence-corrected chi connectivity index (χ2v) is 8.26. The number of anilines is 1. The number of aromatic nitrogens is 5. The highest BCUT2D eigenvalue weighted by atomic mass is 32.2. The summed E-state index contributed by atoms with van der Waals surface area (Å²) >= 11 is 1.52. The minimum absolute atomic E-state index is 0.0584. The summed E-state index contributed by atoms with van der Waals surface area (Å²) in [4.78, 5) is 29.3. The van der Waals surface area contributed by atoms with E-state index in [2.05, 4.69) is 25.1 Å². The fourth-order valence-electron chi connectivity index (χ4n) is 3.77. The Hall–Kier alpha value is -2.94. The summed E-state index contributed by atoms with van der Waals surface area (Å²) < 4.78 is 3.75. The molecule has 2 aromatic heterocycles. The number of hydrogen-bond donors (Lipinski definition) is 1. The van der Waals surface area contributed by atoms with Crippen LogP contribution < -0.4 is 10.9 Å². The van der Waals surface area contributed by atoms with Gasteiger partial charge in [-0.05, 0) is 37.1 Å². The van der Waals surface area contributed by atoms with Gasteiger partial charge in [-0.25, -0.2) is 4.98 Å². The molecule has 1 amide bonds. The second kappa shape index (κ2) is 7.47. The van der Waals surface area contributed by atoms with Crippen LogP contribution in [0.25, 0.3) is 11.4 Å². The number of rotatable bonds is 3. The van der Waals surface area contributed by atoms with Gasteiger partial charge >= 0.3 is 0 Å². The van der Waals surface area contributed by atoms with Crippen molar-refractivity contribution in [3.8, 4) is 11.4 Å². The normalized spacial score (nSPS) is 15.4. The molecule has 0 fully saturated rings. The van der Waals surface area contributed by atoms with E-state index < -0.39 is 5.91 Å². The standard InChI is InChI=1S/C20H20N6O2S/c27-18(15-12-21-20-26(19(15)28)10-11-29-20)22-14-7-5-13(6-8-14)17-24-23-16-4-2-1-3-9-25(16)17/h5-8,12H,1-4,9-11H2,(H,22,27). The molecule has 1 aromatic carbocycles. The van der Waals surface area contributed by atoms with Crippen LogP contribution in [0.4, 0.5) is 5.69 Å². The molecule has 29 heavy (non-hydrogen) atoms. The first-order valence-electron chi connectivity index (χ1n) is 9.77. The molecule has 0 spiro atoms. The molecule has 0 radical (unpaired) electrons. The Bertz CT molecular complexity index is 1130. The molecule has 0 unspecified atom stereocenters. The predicted molar refractivity (Wildman–Crippen MR) is 110 cm³/mol. The number of aryl methyl sites for hydroxylation is 1. The smallest absolute Gasteiger partial charge is 0.267 e. The zero-order valence-corrected chi connectivity index (χ0v) is 16.6. The van der Waals surface area contributed by atoms with Crippen molar-refractivity contribution in [2.45, 2.75) is 43.9 Å². The third kappa shape index (κ3) is 3.35. The number of amides is 1. The number of carbonyl (C=O) groups is 1. The van der Waals surface area contributed by atoms with Gasteiger partial charge in [-0.2, -0.15) is 0 Å². The van der Waals surface area contributed by atoms with Crippen LogP contribution >= 0.6 is 11.8 Å². The number of nitrogens with one attached hydrogen (secondary N) is 1. The molecule has 8 nitrogen and oxygen atoms in total. The number of fused-ring (bicyclic) bond motifs is 2. The Balaban J connectivity index is 1.36.